The average molecular weight is 335 g/mol. The van der Waals surface area contributed by atoms with Crippen LogP contribution in [0.25, 0.3) is 0 Å². The van der Waals surface area contributed by atoms with Crippen LogP contribution in [0.4, 0.5) is 0 Å². The van der Waals surface area contributed by atoms with E-state index in [2.05, 4.69) is 0 Å². The van der Waals surface area contributed by atoms with Crippen LogP contribution in [0.2, 0.25) is 0 Å². The molecule has 1 saturated heterocycles. The summed E-state index contributed by atoms with van der Waals surface area (Å²) in [5, 5.41) is 0. The molecule has 6 heteroatoms. The lowest BCUT2D eigenvalue weighted by Gasteiger charge is -2.31. The van der Waals surface area contributed by atoms with Crippen LogP contribution in [0, 0.1) is 0 Å². The third-order valence-electron chi connectivity index (χ3n) is 4.99. The van der Waals surface area contributed by atoms with Crippen molar-refractivity contribution in [2.45, 2.75) is 37.5 Å². The molecular weight excluding hydrogens is 310 g/mol. The van der Waals surface area contributed by atoms with Gasteiger partial charge in [0, 0.05) is 25.3 Å². The van der Waals surface area contributed by atoms with Gasteiger partial charge in [-0.1, -0.05) is 6.07 Å². The molecule has 3 atom stereocenters. The summed E-state index contributed by atoms with van der Waals surface area (Å²) in [7, 11) is 4.91. The van der Waals surface area contributed by atoms with Crippen molar-refractivity contribution in [3.63, 3.8) is 0 Å². The molecule has 0 radical (unpaired) electrons. The van der Waals surface area contributed by atoms with Crippen LogP contribution in [0.1, 0.15) is 18.4 Å². The molecule has 0 N–H and O–H groups in total. The molecule has 2 aliphatic rings. The van der Waals surface area contributed by atoms with Crippen LogP contribution >= 0.6 is 0 Å². The third kappa shape index (κ3) is 3.21. The zero-order valence-electron chi connectivity index (χ0n) is 14.5. The van der Waals surface area contributed by atoms with Gasteiger partial charge >= 0.3 is 0 Å². The lowest BCUT2D eigenvalue weighted by Crippen LogP contribution is -2.46. The van der Waals surface area contributed by atoms with Crippen molar-refractivity contribution in [3.05, 3.63) is 23.8 Å². The normalized spacial score (nSPS) is 26.1. The largest absolute Gasteiger partial charge is 0.497 e. The Labute approximate surface area is 142 Å². The Morgan fingerprint density at radius 3 is 2.79 bits per heavy atom. The molecule has 6 nitrogen and oxygen atoms in total. The first-order chi connectivity index (χ1) is 11.7. The Hall–Kier alpha value is -1.79. The summed E-state index contributed by atoms with van der Waals surface area (Å²) < 4.78 is 22.1. The van der Waals surface area contributed by atoms with Crippen molar-refractivity contribution in [3.8, 4) is 11.5 Å². The minimum Gasteiger partial charge on any atom is -0.497 e. The fraction of sp³-hybridized carbons (Fsp3) is 0.611. The highest BCUT2D eigenvalue weighted by molar-refractivity contribution is 5.80. The fourth-order valence-corrected chi connectivity index (χ4v) is 3.77. The van der Waals surface area contributed by atoms with Gasteiger partial charge in [0.15, 0.2) is 0 Å². The van der Waals surface area contributed by atoms with Crippen LogP contribution in [-0.4, -0.2) is 63.5 Å². The minimum absolute atomic E-state index is 0.0331. The zero-order chi connectivity index (χ0) is 17.1. The van der Waals surface area contributed by atoms with Gasteiger partial charge in [0.05, 0.1) is 39.4 Å². The van der Waals surface area contributed by atoms with Crippen LogP contribution in [-0.2, 0) is 20.7 Å². The van der Waals surface area contributed by atoms with Gasteiger partial charge in [-0.05, 0) is 18.9 Å². The lowest BCUT2D eigenvalue weighted by molar-refractivity contribution is -0.134. The molecule has 2 fully saturated rings. The highest BCUT2D eigenvalue weighted by Gasteiger charge is 2.44. The smallest absolute Gasteiger partial charge is 0.227 e. The van der Waals surface area contributed by atoms with E-state index in [1.165, 1.54) is 0 Å². The zero-order valence-corrected chi connectivity index (χ0v) is 14.5. The van der Waals surface area contributed by atoms with Crippen LogP contribution in [0.3, 0.4) is 0 Å². The number of hydrogen-bond donors (Lipinski definition) is 0. The molecule has 1 saturated carbocycles. The van der Waals surface area contributed by atoms with E-state index in [4.69, 9.17) is 18.9 Å². The van der Waals surface area contributed by atoms with E-state index in [1.807, 2.05) is 17.0 Å². The molecule has 3 rings (SSSR count). The van der Waals surface area contributed by atoms with Gasteiger partial charge in [0.2, 0.25) is 5.91 Å². The van der Waals surface area contributed by atoms with E-state index in [1.54, 1.807) is 27.4 Å². The van der Waals surface area contributed by atoms with Crippen molar-refractivity contribution in [1.29, 1.82) is 0 Å². The van der Waals surface area contributed by atoms with Crippen molar-refractivity contribution >= 4 is 5.91 Å². The number of amides is 1. The Morgan fingerprint density at radius 2 is 2.08 bits per heavy atom. The molecule has 24 heavy (non-hydrogen) atoms. The van der Waals surface area contributed by atoms with Crippen molar-refractivity contribution < 1.29 is 23.7 Å². The van der Waals surface area contributed by atoms with Gasteiger partial charge < -0.3 is 23.8 Å². The maximum atomic E-state index is 12.9. The molecule has 1 aliphatic carbocycles. The van der Waals surface area contributed by atoms with Gasteiger partial charge in [0.25, 0.3) is 0 Å². The lowest BCUT2D eigenvalue weighted by atomic mass is 10.1. The highest BCUT2D eigenvalue weighted by Crippen LogP contribution is 2.32. The number of nitrogens with zero attached hydrogens (tertiary/aromatic N) is 1. The van der Waals surface area contributed by atoms with E-state index >= 15 is 0 Å². The number of benzene rings is 1. The molecule has 0 spiro atoms. The summed E-state index contributed by atoms with van der Waals surface area (Å²) in [6.45, 7) is 1.17. The quantitative estimate of drug-likeness (QED) is 0.819. The molecule has 1 aromatic carbocycles. The van der Waals surface area contributed by atoms with Gasteiger partial charge in [0.1, 0.15) is 17.6 Å². The highest BCUT2D eigenvalue weighted by atomic mass is 16.5. The van der Waals surface area contributed by atoms with Crippen LogP contribution < -0.4 is 9.47 Å². The minimum atomic E-state index is -0.0331. The van der Waals surface area contributed by atoms with Crippen LogP contribution in [0.5, 0.6) is 11.5 Å². The summed E-state index contributed by atoms with van der Waals surface area (Å²) in [6, 6.07) is 5.63. The second-order valence-corrected chi connectivity index (χ2v) is 6.20. The van der Waals surface area contributed by atoms with E-state index in [0.717, 1.165) is 18.4 Å². The van der Waals surface area contributed by atoms with Gasteiger partial charge in [-0.15, -0.1) is 0 Å². The predicted octanol–water partition coefficient (Wildman–Crippen LogP) is 1.65. The molecule has 0 aromatic heterocycles. The first-order valence-corrected chi connectivity index (χ1v) is 8.32. The van der Waals surface area contributed by atoms with Crippen LogP contribution in [0.15, 0.2) is 18.2 Å². The Morgan fingerprint density at radius 1 is 1.25 bits per heavy atom. The second-order valence-electron chi connectivity index (χ2n) is 6.20. The number of fused-ring (bicyclic) bond motifs is 2. The summed E-state index contributed by atoms with van der Waals surface area (Å²) in [5.41, 5.74) is 0.858. The average Bonchev–Trinajstić information content (AvgIpc) is 2.90. The van der Waals surface area contributed by atoms with E-state index in [-0.39, 0.29) is 24.2 Å². The monoisotopic (exact) mass is 335 g/mol. The molecule has 1 amide bonds. The van der Waals surface area contributed by atoms with Gasteiger partial charge in [-0.25, -0.2) is 0 Å². The van der Waals surface area contributed by atoms with E-state index < -0.39 is 0 Å². The third-order valence-corrected chi connectivity index (χ3v) is 4.99. The summed E-state index contributed by atoms with van der Waals surface area (Å²) in [5.74, 6) is 1.46. The maximum absolute atomic E-state index is 12.9. The number of rotatable bonds is 5. The number of hydrogen-bond acceptors (Lipinski definition) is 5. The fourth-order valence-electron chi connectivity index (χ4n) is 3.77. The summed E-state index contributed by atoms with van der Waals surface area (Å²) in [6.07, 6.45) is 2.24. The summed E-state index contributed by atoms with van der Waals surface area (Å²) >= 11 is 0. The molecule has 2 bridgehead atoms. The Balaban J connectivity index is 1.77. The number of ether oxygens (including phenoxy) is 4. The topological polar surface area (TPSA) is 57.2 Å². The first-order valence-electron chi connectivity index (χ1n) is 8.32. The van der Waals surface area contributed by atoms with Crippen molar-refractivity contribution in [2.24, 2.45) is 0 Å². The van der Waals surface area contributed by atoms with E-state index in [9.17, 15) is 4.79 Å². The number of methoxy groups -OCH3 is 3. The standard InChI is InChI=1S/C18H25NO5/c1-21-13-5-4-12(16(11-13)22-2)10-17(20)19-8-9-24-15-7-6-14(19)18(15)23-3/h4-5,11,14-15,18H,6-10H2,1-3H3/t14-,15-,18+/m0/s1. The molecule has 1 aliphatic heterocycles. The van der Waals surface area contributed by atoms with Crippen molar-refractivity contribution in [1.82, 2.24) is 4.90 Å². The van der Waals surface area contributed by atoms with Gasteiger partial charge in [-0.2, -0.15) is 0 Å². The van der Waals surface area contributed by atoms with Gasteiger partial charge in [-0.3, -0.25) is 4.79 Å². The van der Waals surface area contributed by atoms with Crippen molar-refractivity contribution in [2.75, 3.05) is 34.5 Å². The van der Waals surface area contributed by atoms with E-state index in [0.29, 0.717) is 31.1 Å². The maximum Gasteiger partial charge on any atom is 0.227 e. The molecule has 1 heterocycles. The number of carbonyl (C=O) groups excluding carboxylic acids is 1. The first kappa shape index (κ1) is 17.0. The molecule has 132 valence electrons. The molecule has 1 aromatic rings. The second kappa shape index (κ2) is 7.40. The molecule has 0 unspecified atom stereocenters. The SMILES string of the molecule is COc1ccc(CC(=O)N2CCO[C@H]3CC[C@H]2[C@H]3OC)c(OC)c1. The predicted molar refractivity (Wildman–Crippen MR) is 88.5 cm³/mol. The Kier molecular flexibility index (Phi) is 5.26. The summed E-state index contributed by atoms with van der Waals surface area (Å²) in [4.78, 5) is 14.8. The Bertz CT molecular complexity index is 591. The molecular formula is C18H25NO5. The number of carbonyl (C=O) groups is 1.